The first-order valence-corrected chi connectivity index (χ1v) is 4.38. The van der Waals surface area contributed by atoms with Gasteiger partial charge in [-0.05, 0) is 28.5 Å². The third kappa shape index (κ3) is 1.34. The Labute approximate surface area is 82.0 Å². The van der Waals surface area contributed by atoms with Crippen LogP contribution in [0.4, 0.5) is 0 Å². The molecule has 0 aliphatic heterocycles. The molecule has 2 nitrogen and oxygen atoms in total. The second-order valence-corrected chi connectivity index (χ2v) is 3.12. The molecule has 0 radical (unpaired) electrons. The molecule has 0 spiro atoms. The predicted molar refractivity (Wildman–Crippen MR) is 54.6 cm³/mol. The highest BCUT2D eigenvalue weighted by atomic mass is 16.3. The Morgan fingerprint density at radius 1 is 1.21 bits per heavy atom. The van der Waals surface area contributed by atoms with Crippen LogP contribution in [0.1, 0.15) is 11.1 Å². The van der Waals surface area contributed by atoms with Gasteiger partial charge in [-0.2, -0.15) is 5.26 Å². The maximum atomic E-state index is 9.10. The van der Waals surface area contributed by atoms with Crippen molar-refractivity contribution in [2.45, 2.75) is 6.61 Å². The molecule has 0 saturated heterocycles. The number of hydrogen-bond donors (Lipinski definition) is 1. The lowest BCUT2D eigenvalue weighted by Gasteiger charge is -2.03. The van der Waals surface area contributed by atoms with Crippen LogP contribution in [0.2, 0.25) is 0 Å². The Balaban J connectivity index is 2.75. The summed E-state index contributed by atoms with van der Waals surface area (Å²) in [5, 5.41) is 19.8. The summed E-state index contributed by atoms with van der Waals surface area (Å²) in [7, 11) is 0. The monoisotopic (exact) mass is 183 g/mol. The third-order valence-corrected chi connectivity index (χ3v) is 2.27. The van der Waals surface area contributed by atoms with Crippen molar-refractivity contribution in [3.63, 3.8) is 0 Å². The highest BCUT2D eigenvalue weighted by Gasteiger charge is 1.99. The lowest BCUT2D eigenvalue weighted by atomic mass is 10.0. The van der Waals surface area contributed by atoms with Crippen LogP contribution < -0.4 is 0 Å². The van der Waals surface area contributed by atoms with Gasteiger partial charge in [-0.15, -0.1) is 0 Å². The minimum absolute atomic E-state index is 0.0310. The molecule has 2 aromatic carbocycles. The van der Waals surface area contributed by atoms with Crippen LogP contribution in [0.25, 0.3) is 10.8 Å². The van der Waals surface area contributed by atoms with Crippen LogP contribution >= 0.6 is 0 Å². The van der Waals surface area contributed by atoms with Crippen LogP contribution in [-0.2, 0) is 6.61 Å². The van der Waals surface area contributed by atoms with Crippen LogP contribution in [0.3, 0.4) is 0 Å². The van der Waals surface area contributed by atoms with Crippen molar-refractivity contribution in [2.24, 2.45) is 0 Å². The molecule has 2 heteroatoms. The average Bonchev–Trinajstić information content (AvgIpc) is 2.27. The van der Waals surface area contributed by atoms with Crippen LogP contribution in [0, 0.1) is 11.3 Å². The molecule has 0 atom stereocenters. The zero-order valence-electron chi connectivity index (χ0n) is 7.57. The van der Waals surface area contributed by atoms with E-state index in [9.17, 15) is 0 Å². The smallest absolute Gasteiger partial charge is 0.0991 e. The van der Waals surface area contributed by atoms with E-state index in [1.807, 2.05) is 30.3 Å². The number of hydrogen-bond acceptors (Lipinski definition) is 2. The van der Waals surface area contributed by atoms with Gasteiger partial charge in [0.25, 0.3) is 0 Å². The van der Waals surface area contributed by atoms with Gasteiger partial charge >= 0.3 is 0 Å². The van der Waals surface area contributed by atoms with Gasteiger partial charge in [-0.3, -0.25) is 0 Å². The number of aliphatic hydroxyl groups is 1. The van der Waals surface area contributed by atoms with E-state index in [0.717, 1.165) is 16.3 Å². The van der Waals surface area contributed by atoms with E-state index >= 15 is 0 Å². The molecule has 2 rings (SSSR count). The first-order chi connectivity index (χ1) is 6.85. The molecule has 1 N–H and O–H groups in total. The lowest BCUT2D eigenvalue weighted by Crippen LogP contribution is -1.85. The van der Waals surface area contributed by atoms with Crippen LogP contribution in [0.5, 0.6) is 0 Å². The minimum atomic E-state index is 0.0310. The van der Waals surface area contributed by atoms with Gasteiger partial charge in [0.1, 0.15) is 0 Å². The van der Waals surface area contributed by atoms with E-state index in [-0.39, 0.29) is 6.61 Å². The zero-order valence-corrected chi connectivity index (χ0v) is 7.57. The summed E-state index contributed by atoms with van der Waals surface area (Å²) in [4.78, 5) is 0. The number of aliphatic hydroxyl groups excluding tert-OH is 1. The van der Waals surface area contributed by atoms with Gasteiger partial charge < -0.3 is 5.11 Å². The topological polar surface area (TPSA) is 44.0 Å². The largest absolute Gasteiger partial charge is 0.392 e. The molecule has 68 valence electrons. The third-order valence-electron chi connectivity index (χ3n) is 2.27. The fraction of sp³-hybridized carbons (Fsp3) is 0.0833. The molecule has 0 fully saturated rings. The van der Waals surface area contributed by atoms with E-state index in [1.165, 1.54) is 0 Å². The quantitative estimate of drug-likeness (QED) is 0.736. The predicted octanol–water partition coefficient (Wildman–Crippen LogP) is 2.20. The summed E-state index contributed by atoms with van der Waals surface area (Å²) in [6.45, 7) is 0.0310. The fourth-order valence-corrected chi connectivity index (χ4v) is 1.56. The summed E-state index contributed by atoms with van der Waals surface area (Å²) < 4.78 is 0. The minimum Gasteiger partial charge on any atom is -0.392 e. The van der Waals surface area contributed by atoms with Crippen molar-refractivity contribution in [3.8, 4) is 6.07 Å². The summed E-state index contributed by atoms with van der Waals surface area (Å²) in [5.74, 6) is 0. The van der Waals surface area contributed by atoms with Gasteiger partial charge in [-0.25, -0.2) is 0 Å². The normalized spacial score (nSPS) is 10.0. The molecule has 0 amide bonds. The Bertz CT molecular complexity index is 511. The first kappa shape index (κ1) is 8.74. The number of nitriles is 1. The highest BCUT2D eigenvalue weighted by molar-refractivity contribution is 5.86. The molecular formula is C12H9NO. The maximum Gasteiger partial charge on any atom is 0.0991 e. The SMILES string of the molecule is N#Cc1ccc2c(CO)cccc2c1. The Hall–Kier alpha value is -1.85. The van der Waals surface area contributed by atoms with Gasteiger partial charge in [0, 0.05) is 0 Å². The van der Waals surface area contributed by atoms with Crippen LogP contribution in [-0.4, -0.2) is 5.11 Å². The van der Waals surface area contributed by atoms with Crippen molar-refractivity contribution < 1.29 is 5.11 Å². The molecule has 0 aromatic heterocycles. The van der Waals surface area contributed by atoms with Gasteiger partial charge in [0.05, 0.1) is 18.2 Å². The summed E-state index contributed by atoms with van der Waals surface area (Å²) in [5.41, 5.74) is 1.54. The first-order valence-electron chi connectivity index (χ1n) is 4.38. The van der Waals surface area contributed by atoms with Gasteiger partial charge in [0.2, 0.25) is 0 Å². The zero-order chi connectivity index (χ0) is 9.97. The van der Waals surface area contributed by atoms with E-state index < -0.39 is 0 Å². The molecule has 0 aliphatic carbocycles. The number of nitrogens with zero attached hydrogens (tertiary/aromatic N) is 1. The summed E-state index contributed by atoms with van der Waals surface area (Å²) in [6.07, 6.45) is 0. The Morgan fingerprint density at radius 3 is 2.79 bits per heavy atom. The van der Waals surface area contributed by atoms with Crippen molar-refractivity contribution in [1.29, 1.82) is 5.26 Å². The standard InChI is InChI=1S/C12H9NO/c13-7-9-4-5-12-10(6-9)2-1-3-11(12)8-14/h1-6,14H,8H2. The van der Waals surface area contributed by atoms with E-state index in [2.05, 4.69) is 6.07 Å². The molecule has 14 heavy (non-hydrogen) atoms. The van der Waals surface area contributed by atoms with E-state index in [4.69, 9.17) is 10.4 Å². The molecule has 0 saturated carbocycles. The maximum absolute atomic E-state index is 9.10. The summed E-state index contributed by atoms with van der Waals surface area (Å²) >= 11 is 0. The highest BCUT2D eigenvalue weighted by Crippen LogP contribution is 2.19. The van der Waals surface area contributed by atoms with Crippen molar-refractivity contribution >= 4 is 10.8 Å². The molecule has 0 bridgehead atoms. The second kappa shape index (κ2) is 3.49. The van der Waals surface area contributed by atoms with Crippen molar-refractivity contribution in [1.82, 2.24) is 0 Å². The second-order valence-electron chi connectivity index (χ2n) is 3.12. The Kier molecular flexibility index (Phi) is 2.18. The van der Waals surface area contributed by atoms with E-state index in [1.54, 1.807) is 6.07 Å². The molecular weight excluding hydrogens is 174 g/mol. The fourth-order valence-electron chi connectivity index (χ4n) is 1.56. The molecule has 2 aromatic rings. The van der Waals surface area contributed by atoms with Gasteiger partial charge in [0.15, 0.2) is 0 Å². The van der Waals surface area contributed by atoms with Crippen LogP contribution in [0.15, 0.2) is 36.4 Å². The number of fused-ring (bicyclic) bond motifs is 1. The average molecular weight is 183 g/mol. The molecule has 0 unspecified atom stereocenters. The number of rotatable bonds is 1. The molecule has 0 aliphatic rings. The number of benzene rings is 2. The van der Waals surface area contributed by atoms with E-state index in [0.29, 0.717) is 5.56 Å². The molecule has 0 heterocycles. The summed E-state index contributed by atoms with van der Waals surface area (Å²) in [6, 6.07) is 13.3. The van der Waals surface area contributed by atoms with Crippen molar-refractivity contribution in [2.75, 3.05) is 0 Å². The van der Waals surface area contributed by atoms with Gasteiger partial charge in [-0.1, -0.05) is 24.3 Å². The van der Waals surface area contributed by atoms with Crippen molar-refractivity contribution in [3.05, 3.63) is 47.5 Å². The Morgan fingerprint density at radius 2 is 2.07 bits per heavy atom. The lowest BCUT2D eigenvalue weighted by molar-refractivity contribution is 0.283.